The Bertz CT molecular complexity index is 616. The first-order chi connectivity index (χ1) is 9.35. The average Bonchev–Trinajstić information content (AvgIpc) is 2.83. The second-order valence-corrected chi connectivity index (χ2v) is 6.21. The largest absolute Gasteiger partial charge is 0.438 e. The Labute approximate surface area is 128 Å². The van der Waals surface area contributed by atoms with E-state index in [4.69, 9.17) is 27.9 Å². The van der Waals surface area contributed by atoms with E-state index in [1.165, 1.54) is 6.33 Å². The molecule has 1 aromatic heterocycles. The van der Waals surface area contributed by atoms with Crippen LogP contribution in [-0.4, -0.2) is 14.8 Å². The van der Waals surface area contributed by atoms with Crippen molar-refractivity contribution in [1.82, 2.24) is 14.8 Å². The molecule has 20 heavy (non-hydrogen) atoms. The minimum Gasteiger partial charge on any atom is -0.438 e. The summed E-state index contributed by atoms with van der Waals surface area (Å²) >= 11 is 12.0. The van der Waals surface area contributed by atoms with Crippen LogP contribution >= 0.6 is 23.2 Å². The topological polar surface area (TPSA) is 39.9 Å². The molecule has 0 aliphatic carbocycles. The Morgan fingerprint density at radius 1 is 1.30 bits per heavy atom. The lowest BCUT2D eigenvalue weighted by Crippen LogP contribution is -2.10. The summed E-state index contributed by atoms with van der Waals surface area (Å²) in [5, 5.41) is 5.09. The highest BCUT2D eigenvalue weighted by atomic mass is 35.5. The number of nitrogens with zero attached hydrogens (tertiary/aromatic N) is 3. The number of rotatable bonds is 3. The van der Waals surface area contributed by atoms with Gasteiger partial charge in [-0.05, 0) is 29.7 Å². The van der Waals surface area contributed by atoms with E-state index in [-0.39, 0.29) is 5.41 Å². The fourth-order valence-electron chi connectivity index (χ4n) is 1.51. The summed E-state index contributed by atoms with van der Waals surface area (Å²) in [6, 6.07) is 5.07. The van der Waals surface area contributed by atoms with Crippen LogP contribution in [0.5, 0.6) is 5.75 Å². The third-order valence-electron chi connectivity index (χ3n) is 2.31. The fourth-order valence-corrected chi connectivity index (χ4v) is 1.95. The molecule has 0 fully saturated rings. The highest BCUT2D eigenvalue weighted by Gasteiger charge is 2.14. The van der Waals surface area contributed by atoms with Crippen LogP contribution in [0.25, 0.3) is 5.88 Å². The molecule has 6 heteroatoms. The van der Waals surface area contributed by atoms with E-state index < -0.39 is 0 Å². The first kappa shape index (κ1) is 14.9. The number of allylic oxidation sites excluding steroid dienone is 1. The molecule has 106 valence electrons. The van der Waals surface area contributed by atoms with Crippen molar-refractivity contribution in [3.05, 3.63) is 47.0 Å². The molecule has 0 aliphatic heterocycles. The van der Waals surface area contributed by atoms with Crippen LogP contribution in [-0.2, 0) is 0 Å². The van der Waals surface area contributed by atoms with Crippen LogP contribution in [0.1, 0.15) is 20.8 Å². The number of aromatic nitrogens is 3. The van der Waals surface area contributed by atoms with Gasteiger partial charge in [0.1, 0.15) is 18.4 Å². The van der Waals surface area contributed by atoms with Crippen LogP contribution in [0, 0.1) is 5.41 Å². The highest BCUT2D eigenvalue weighted by Crippen LogP contribution is 2.30. The predicted octanol–water partition coefficient (Wildman–Crippen LogP) is 4.51. The monoisotopic (exact) mass is 311 g/mol. The minimum atomic E-state index is -0.0831. The molecule has 0 unspecified atom stereocenters. The third-order valence-corrected chi connectivity index (χ3v) is 2.84. The molecule has 0 spiro atoms. The van der Waals surface area contributed by atoms with Crippen LogP contribution < -0.4 is 4.74 Å². The van der Waals surface area contributed by atoms with Crippen LogP contribution in [0.2, 0.25) is 10.0 Å². The molecule has 2 rings (SSSR count). The second-order valence-electron chi connectivity index (χ2n) is 5.37. The summed E-state index contributed by atoms with van der Waals surface area (Å²) in [6.07, 6.45) is 4.97. The Kier molecular flexibility index (Phi) is 4.35. The quantitative estimate of drug-likeness (QED) is 0.783. The SMILES string of the molecule is CC(C)(C)C=C(Oc1ccc(Cl)cc1Cl)n1cncn1. The maximum absolute atomic E-state index is 6.12. The van der Waals surface area contributed by atoms with Gasteiger partial charge in [-0.1, -0.05) is 44.0 Å². The van der Waals surface area contributed by atoms with Gasteiger partial charge in [0, 0.05) is 5.02 Å². The van der Waals surface area contributed by atoms with Gasteiger partial charge in [0.25, 0.3) is 0 Å². The van der Waals surface area contributed by atoms with Crippen molar-refractivity contribution < 1.29 is 4.74 Å². The summed E-state index contributed by atoms with van der Waals surface area (Å²) in [5.41, 5.74) is -0.0831. The zero-order valence-corrected chi connectivity index (χ0v) is 13.0. The van der Waals surface area contributed by atoms with Crippen molar-refractivity contribution in [2.75, 3.05) is 0 Å². The Morgan fingerprint density at radius 2 is 2.05 bits per heavy atom. The van der Waals surface area contributed by atoms with E-state index in [1.54, 1.807) is 29.2 Å². The normalized spacial score (nSPS) is 12.6. The predicted molar refractivity (Wildman–Crippen MR) is 80.8 cm³/mol. The zero-order valence-electron chi connectivity index (χ0n) is 11.5. The number of halogens is 2. The van der Waals surface area contributed by atoms with E-state index in [1.807, 2.05) is 6.08 Å². The van der Waals surface area contributed by atoms with Crippen LogP contribution in [0.15, 0.2) is 36.9 Å². The van der Waals surface area contributed by atoms with Gasteiger partial charge in [-0.2, -0.15) is 9.78 Å². The third kappa shape index (κ3) is 3.99. The van der Waals surface area contributed by atoms with E-state index in [9.17, 15) is 0 Å². The van der Waals surface area contributed by atoms with Gasteiger partial charge in [0.15, 0.2) is 0 Å². The van der Waals surface area contributed by atoms with Gasteiger partial charge in [0.2, 0.25) is 5.88 Å². The average molecular weight is 312 g/mol. The molecule has 0 bridgehead atoms. The van der Waals surface area contributed by atoms with Gasteiger partial charge in [-0.3, -0.25) is 0 Å². The molecule has 0 aliphatic rings. The lowest BCUT2D eigenvalue weighted by Gasteiger charge is -2.17. The zero-order chi connectivity index (χ0) is 14.8. The summed E-state index contributed by atoms with van der Waals surface area (Å²) in [6.45, 7) is 6.20. The number of ether oxygens (including phenoxy) is 1. The first-order valence-corrected chi connectivity index (χ1v) is 6.81. The van der Waals surface area contributed by atoms with Gasteiger partial charge < -0.3 is 4.74 Å². The molecule has 1 aromatic carbocycles. The van der Waals surface area contributed by atoms with Crippen molar-refractivity contribution >= 4 is 29.1 Å². The second kappa shape index (κ2) is 5.85. The van der Waals surface area contributed by atoms with E-state index in [0.29, 0.717) is 21.7 Å². The van der Waals surface area contributed by atoms with Gasteiger partial charge >= 0.3 is 0 Å². The summed E-state index contributed by atoms with van der Waals surface area (Å²) < 4.78 is 7.40. The van der Waals surface area contributed by atoms with Crippen molar-refractivity contribution in [3.8, 4) is 5.75 Å². The first-order valence-electron chi connectivity index (χ1n) is 6.06. The smallest absolute Gasteiger partial charge is 0.218 e. The van der Waals surface area contributed by atoms with Gasteiger partial charge in [-0.15, -0.1) is 0 Å². The molecular formula is C14H15Cl2N3O. The van der Waals surface area contributed by atoms with Crippen LogP contribution in [0.4, 0.5) is 0 Å². The number of benzene rings is 1. The Morgan fingerprint density at radius 3 is 2.60 bits per heavy atom. The molecule has 4 nitrogen and oxygen atoms in total. The standard InChI is InChI=1S/C14H15Cl2N3O/c1-14(2,3)7-13(19-9-17-8-18-19)20-12-5-4-10(15)6-11(12)16/h4-9H,1-3H3. The Balaban J connectivity index is 2.36. The number of hydrogen-bond acceptors (Lipinski definition) is 3. The minimum absolute atomic E-state index is 0.0831. The number of hydrogen-bond donors (Lipinski definition) is 0. The lowest BCUT2D eigenvalue weighted by molar-refractivity contribution is 0.443. The molecule has 0 amide bonds. The fraction of sp³-hybridized carbons (Fsp3) is 0.286. The van der Waals surface area contributed by atoms with Crippen molar-refractivity contribution in [2.24, 2.45) is 5.41 Å². The summed E-state index contributed by atoms with van der Waals surface area (Å²) in [5.74, 6) is 1.06. The van der Waals surface area contributed by atoms with Crippen molar-refractivity contribution in [3.63, 3.8) is 0 Å². The molecule has 0 N–H and O–H groups in total. The van der Waals surface area contributed by atoms with E-state index in [0.717, 1.165) is 0 Å². The van der Waals surface area contributed by atoms with Crippen molar-refractivity contribution in [1.29, 1.82) is 0 Å². The van der Waals surface area contributed by atoms with Gasteiger partial charge in [0.05, 0.1) is 5.02 Å². The molecule has 0 saturated heterocycles. The molecule has 0 atom stereocenters. The summed E-state index contributed by atoms with van der Waals surface area (Å²) in [4.78, 5) is 3.93. The van der Waals surface area contributed by atoms with E-state index in [2.05, 4.69) is 30.9 Å². The van der Waals surface area contributed by atoms with Crippen LogP contribution in [0.3, 0.4) is 0 Å². The maximum Gasteiger partial charge on any atom is 0.218 e. The Hall–Kier alpha value is -1.52. The van der Waals surface area contributed by atoms with Crippen molar-refractivity contribution in [2.45, 2.75) is 20.8 Å². The maximum atomic E-state index is 6.12. The molecular weight excluding hydrogens is 297 g/mol. The van der Waals surface area contributed by atoms with Gasteiger partial charge in [-0.25, -0.2) is 4.98 Å². The highest BCUT2D eigenvalue weighted by molar-refractivity contribution is 6.35. The lowest BCUT2D eigenvalue weighted by atomic mass is 9.97. The molecule has 0 saturated carbocycles. The summed E-state index contributed by atoms with van der Waals surface area (Å²) in [7, 11) is 0. The molecule has 0 radical (unpaired) electrons. The van der Waals surface area contributed by atoms with E-state index >= 15 is 0 Å². The molecule has 1 heterocycles. The molecule has 2 aromatic rings.